The molecule has 0 saturated heterocycles. The zero-order chi connectivity index (χ0) is 14.1. The fourth-order valence-electron chi connectivity index (χ4n) is 1.99. The zero-order valence-electron chi connectivity index (χ0n) is 12.4. The van der Waals surface area contributed by atoms with Crippen LogP contribution in [0.1, 0.15) is 32.3 Å². The highest BCUT2D eigenvalue weighted by Gasteiger charge is 2.08. The average molecular weight is 265 g/mol. The van der Waals surface area contributed by atoms with Crippen LogP contribution in [0.25, 0.3) is 0 Å². The van der Waals surface area contributed by atoms with Gasteiger partial charge in [0, 0.05) is 6.54 Å². The molecule has 0 aliphatic heterocycles. The number of benzene rings is 1. The molecule has 0 aromatic heterocycles. The highest BCUT2D eigenvalue weighted by molar-refractivity contribution is 5.31. The van der Waals surface area contributed by atoms with Gasteiger partial charge in [0.1, 0.15) is 18.5 Å². The molecule has 0 saturated carbocycles. The van der Waals surface area contributed by atoms with E-state index in [1.807, 2.05) is 31.2 Å². The molecule has 1 aromatic rings. The molecule has 1 unspecified atom stereocenters. The average Bonchev–Trinajstić information content (AvgIpc) is 2.43. The molecule has 0 aliphatic rings. The Balaban J connectivity index is 2.21. The summed E-state index contributed by atoms with van der Waals surface area (Å²) in [6.07, 6.45) is 1.90. The van der Waals surface area contributed by atoms with E-state index in [1.54, 1.807) is 0 Å². The van der Waals surface area contributed by atoms with E-state index in [1.165, 1.54) is 12.8 Å². The molecule has 0 radical (unpaired) electrons. The minimum absolute atomic E-state index is 0.334. The van der Waals surface area contributed by atoms with E-state index in [2.05, 4.69) is 19.2 Å². The maximum atomic E-state index is 9.87. The van der Waals surface area contributed by atoms with E-state index in [0.717, 1.165) is 17.9 Å². The molecule has 1 aromatic carbocycles. The molecule has 0 fully saturated rings. The van der Waals surface area contributed by atoms with Crippen molar-refractivity contribution in [1.82, 2.24) is 5.32 Å². The summed E-state index contributed by atoms with van der Waals surface area (Å²) in [5.74, 6) is 1.55. The molecule has 2 N–H and O–H groups in total. The van der Waals surface area contributed by atoms with Gasteiger partial charge in [-0.1, -0.05) is 44.9 Å². The predicted octanol–water partition coefficient (Wildman–Crippen LogP) is 2.76. The lowest BCUT2D eigenvalue weighted by molar-refractivity contribution is 0.105. The Kier molecular flexibility index (Phi) is 7.53. The lowest BCUT2D eigenvalue weighted by Crippen LogP contribution is -2.34. The van der Waals surface area contributed by atoms with Crippen molar-refractivity contribution in [2.75, 3.05) is 19.7 Å². The molecule has 3 heteroatoms. The quantitative estimate of drug-likeness (QED) is 0.721. The largest absolute Gasteiger partial charge is 0.491 e. The molecule has 19 heavy (non-hydrogen) atoms. The predicted molar refractivity (Wildman–Crippen MR) is 79.6 cm³/mol. The van der Waals surface area contributed by atoms with Crippen LogP contribution in [0.5, 0.6) is 5.75 Å². The molecular formula is C16H27NO2. The standard InChI is InChI=1S/C16H27NO2/c1-4-14(5-2)10-17-11-15(18)12-19-16-9-7-6-8-13(16)3/h6-9,14-15,17-18H,4-5,10-12H2,1-3H3. The summed E-state index contributed by atoms with van der Waals surface area (Å²) in [4.78, 5) is 0. The maximum absolute atomic E-state index is 9.87. The third-order valence-corrected chi connectivity index (χ3v) is 3.49. The Bertz CT molecular complexity index is 350. The first-order chi connectivity index (χ1) is 9.17. The maximum Gasteiger partial charge on any atom is 0.122 e. The van der Waals surface area contributed by atoms with Gasteiger partial charge in [-0.05, 0) is 31.0 Å². The molecule has 0 heterocycles. The summed E-state index contributed by atoms with van der Waals surface area (Å²) in [5.41, 5.74) is 1.10. The van der Waals surface area contributed by atoms with Gasteiger partial charge in [-0.15, -0.1) is 0 Å². The van der Waals surface area contributed by atoms with E-state index < -0.39 is 6.10 Å². The lowest BCUT2D eigenvalue weighted by atomic mass is 10.0. The van der Waals surface area contributed by atoms with Crippen LogP contribution in [0, 0.1) is 12.8 Å². The van der Waals surface area contributed by atoms with Crippen LogP contribution in [0.2, 0.25) is 0 Å². The molecule has 1 atom stereocenters. The first-order valence-electron chi connectivity index (χ1n) is 7.24. The normalized spacial score (nSPS) is 12.7. The van der Waals surface area contributed by atoms with Crippen molar-refractivity contribution in [3.63, 3.8) is 0 Å². The smallest absolute Gasteiger partial charge is 0.122 e. The second-order valence-corrected chi connectivity index (χ2v) is 5.07. The van der Waals surface area contributed by atoms with Crippen molar-refractivity contribution in [3.8, 4) is 5.75 Å². The zero-order valence-corrected chi connectivity index (χ0v) is 12.4. The van der Waals surface area contributed by atoms with Crippen LogP contribution in [0.15, 0.2) is 24.3 Å². The van der Waals surface area contributed by atoms with Crippen molar-refractivity contribution in [3.05, 3.63) is 29.8 Å². The third kappa shape index (κ3) is 6.08. The van der Waals surface area contributed by atoms with Crippen molar-refractivity contribution in [2.45, 2.75) is 39.7 Å². The van der Waals surface area contributed by atoms with Crippen LogP contribution in [-0.2, 0) is 0 Å². The summed E-state index contributed by atoms with van der Waals surface area (Å²) >= 11 is 0. The van der Waals surface area contributed by atoms with Crippen LogP contribution < -0.4 is 10.1 Å². The van der Waals surface area contributed by atoms with Crippen molar-refractivity contribution in [2.24, 2.45) is 5.92 Å². The monoisotopic (exact) mass is 265 g/mol. The van der Waals surface area contributed by atoms with Gasteiger partial charge < -0.3 is 15.2 Å². The first-order valence-corrected chi connectivity index (χ1v) is 7.24. The minimum Gasteiger partial charge on any atom is -0.491 e. The molecule has 3 nitrogen and oxygen atoms in total. The van der Waals surface area contributed by atoms with Gasteiger partial charge >= 0.3 is 0 Å². The van der Waals surface area contributed by atoms with Gasteiger partial charge in [-0.2, -0.15) is 0 Å². The summed E-state index contributed by atoms with van der Waals surface area (Å²) in [6, 6.07) is 7.86. The number of hydrogen-bond acceptors (Lipinski definition) is 3. The number of ether oxygens (including phenoxy) is 1. The van der Waals surface area contributed by atoms with Gasteiger partial charge in [0.15, 0.2) is 0 Å². The number of aryl methyl sites for hydroxylation is 1. The second kappa shape index (κ2) is 8.94. The highest BCUT2D eigenvalue weighted by atomic mass is 16.5. The molecular weight excluding hydrogens is 238 g/mol. The van der Waals surface area contributed by atoms with Gasteiger partial charge in [-0.25, -0.2) is 0 Å². The summed E-state index contributed by atoms with van der Waals surface area (Å²) in [5, 5.41) is 13.2. The molecule has 1 rings (SSSR count). The SMILES string of the molecule is CCC(CC)CNCC(O)COc1ccccc1C. The third-order valence-electron chi connectivity index (χ3n) is 3.49. The molecule has 0 bridgehead atoms. The number of rotatable bonds is 9. The Labute approximate surface area is 117 Å². The molecule has 0 amide bonds. The fraction of sp³-hybridized carbons (Fsp3) is 0.625. The number of aliphatic hydroxyl groups excluding tert-OH is 1. The number of aliphatic hydroxyl groups is 1. The van der Waals surface area contributed by atoms with Gasteiger partial charge in [-0.3, -0.25) is 0 Å². The highest BCUT2D eigenvalue weighted by Crippen LogP contribution is 2.16. The van der Waals surface area contributed by atoms with Gasteiger partial charge in [0.25, 0.3) is 0 Å². The van der Waals surface area contributed by atoms with Crippen molar-refractivity contribution < 1.29 is 9.84 Å². The van der Waals surface area contributed by atoms with Crippen LogP contribution >= 0.6 is 0 Å². The number of nitrogens with one attached hydrogen (secondary N) is 1. The Morgan fingerprint density at radius 3 is 2.47 bits per heavy atom. The molecule has 108 valence electrons. The summed E-state index contributed by atoms with van der Waals surface area (Å²) < 4.78 is 5.62. The van der Waals surface area contributed by atoms with Gasteiger partial charge in [0.2, 0.25) is 0 Å². The first kappa shape index (κ1) is 16.0. The van der Waals surface area contributed by atoms with Crippen molar-refractivity contribution in [1.29, 1.82) is 0 Å². The van der Waals surface area contributed by atoms with Crippen LogP contribution in [-0.4, -0.2) is 30.9 Å². The molecule has 0 spiro atoms. The van der Waals surface area contributed by atoms with Crippen LogP contribution in [0.3, 0.4) is 0 Å². The second-order valence-electron chi connectivity index (χ2n) is 5.07. The lowest BCUT2D eigenvalue weighted by Gasteiger charge is -2.17. The Morgan fingerprint density at radius 2 is 1.84 bits per heavy atom. The van der Waals surface area contributed by atoms with E-state index in [-0.39, 0.29) is 0 Å². The number of para-hydroxylation sites is 1. The van der Waals surface area contributed by atoms with Crippen LogP contribution in [0.4, 0.5) is 0 Å². The Morgan fingerprint density at radius 1 is 1.16 bits per heavy atom. The molecule has 0 aliphatic carbocycles. The topological polar surface area (TPSA) is 41.5 Å². The van der Waals surface area contributed by atoms with E-state index >= 15 is 0 Å². The fourth-order valence-corrected chi connectivity index (χ4v) is 1.99. The van der Waals surface area contributed by atoms with Crippen molar-refractivity contribution >= 4 is 0 Å². The Hall–Kier alpha value is -1.06. The van der Waals surface area contributed by atoms with Gasteiger partial charge in [0.05, 0.1) is 0 Å². The summed E-state index contributed by atoms with van der Waals surface area (Å²) in [7, 11) is 0. The minimum atomic E-state index is -0.464. The van der Waals surface area contributed by atoms with E-state index in [9.17, 15) is 5.11 Å². The number of hydrogen-bond donors (Lipinski definition) is 2. The van der Waals surface area contributed by atoms with E-state index in [4.69, 9.17) is 4.74 Å². The van der Waals surface area contributed by atoms with E-state index in [0.29, 0.717) is 19.1 Å². The summed E-state index contributed by atoms with van der Waals surface area (Å²) in [6.45, 7) is 8.30.